The van der Waals surface area contributed by atoms with Crippen molar-refractivity contribution in [1.82, 2.24) is 4.98 Å². The number of nitrogens with zero attached hydrogens (tertiary/aromatic N) is 1. The van der Waals surface area contributed by atoms with Gasteiger partial charge in [0.2, 0.25) is 0 Å². The summed E-state index contributed by atoms with van der Waals surface area (Å²) in [4.78, 5) is 4.22. The first-order valence-corrected chi connectivity index (χ1v) is 6.24. The monoisotopic (exact) mass is 225 g/mol. The molecule has 2 fully saturated rings. The molecule has 2 unspecified atom stereocenters. The van der Waals surface area contributed by atoms with Crippen LogP contribution >= 0.6 is 11.3 Å². The van der Waals surface area contributed by atoms with Gasteiger partial charge in [-0.05, 0) is 25.2 Å². The lowest BCUT2D eigenvalue weighted by Crippen LogP contribution is -2.30. The number of nitrogen functional groups attached to an aromatic ring is 1. The van der Waals surface area contributed by atoms with E-state index in [9.17, 15) is 0 Å². The zero-order valence-corrected chi connectivity index (χ0v) is 9.30. The molecule has 2 aliphatic rings. The van der Waals surface area contributed by atoms with Gasteiger partial charge in [-0.1, -0.05) is 11.3 Å². The van der Waals surface area contributed by atoms with Crippen molar-refractivity contribution in [2.75, 3.05) is 17.7 Å². The van der Waals surface area contributed by atoms with Crippen molar-refractivity contribution < 1.29 is 4.74 Å². The predicted octanol–water partition coefficient (Wildman–Crippen LogP) is 1.70. The third-order valence-corrected chi connectivity index (χ3v) is 3.81. The maximum absolute atomic E-state index is 5.75. The van der Waals surface area contributed by atoms with Gasteiger partial charge in [0, 0.05) is 6.61 Å². The fourth-order valence-corrected chi connectivity index (χ4v) is 2.81. The van der Waals surface area contributed by atoms with E-state index in [4.69, 9.17) is 10.5 Å². The molecule has 1 aliphatic heterocycles. The summed E-state index contributed by atoms with van der Waals surface area (Å²) in [5.74, 6) is 0.780. The van der Waals surface area contributed by atoms with Crippen molar-refractivity contribution in [3.8, 4) is 0 Å². The second kappa shape index (κ2) is 3.64. The Kier molecular flexibility index (Phi) is 2.29. The highest BCUT2D eigenvalue weighted by Crippen LogP contribution is 2.39. The van der Waals surface area contributed by atoms with Gasteiger partial charge in [0.15, 0.2) is 5.13 Å². The second-order valence-corrected chi connectivity index (χ2v) is 5.34. The fraction of sp³-hybridized carbons (Fsp3) is 0.700. The average molecular weight is 225 g/mol. The molecule has 0 bridgehead atoms. The van der Waals surface area contributed by atoms with E-state index in [1.165, 1.54) is 24.2 Å². The zero-order chi connectivity index (χ0) is 10.3. The van der Waals surface area contributed by atoms with Crippen LogP contribution in [0.15, 0.2) is 6.20 Å². The molecule has 1 aliphatic carbocycles. The summed E-state index contributed by atoms with van der Waals surface area (Å²) >= 11 is 1.51. The molecular weight excluding hydrogens is 210 g/mol. The molecule has 1 aromatic rings. The molecule has 0 amide bonds. The van der Waals surface area contributed by atoms with Gasteiger partial charge < -0.3 is 15.8 Å². The molecule has 82 valence electrons. The summed E-state index contributed by atoms with van der Waals surface area (Å²) in [6, 6.07) is 0.433. The van der Waals surface area contributed by atoms with Crippen LogP contribution in [0.3, 0.4) is 0 Å². The van der Waals surface area contributed by atoms with E-state index in [0.29, 0.717) is 12.1 Å². The summed E-state index contributed by atoms with van der Waals surface area (Å²) in [7, 11) is 0. The minimum atomic E-state index is 0.398. The minimum Gasteiger partial charge on any atom is -0.389 e. The Labute approximate surface area is 92.8 Å². The summed E-state index contributed by atoms with van der Waals surface area (Å²) in [6.07, 6.45) is 5.83. The molecule has 2 atom stereocenters. The topological polar surface area (TPSA) is 60.2 Å². The highest BCUT2D eigenvalue weighted by Gasteiger charge is 2.40. The molecule has 0 radical (unpaired) electrons. The molecule has 3 rings (SSSR count). The van der Waals surface area contributed by atoms with Crippen LogP contribution in [0.1, 0.15) is 19.3 Å². The van der Waals surface area contributed by atoms with E-state index >= 15 is 0 Å². The lowest BCUT2D eigenvalue weighted by atomic mass is 10.1. The molecule has 0 aromatic carbocycles. The predicted molar refractivity (Wildman–Crippen MR) is 61.0 cm³/mol. The number of ether oxygens (including phenoxy) is 1. The molecule has 1 saturated heterocycles. The van der Waals surface area contributed by atoms with Gasteiger partial charge >= 0.3 is 0 Å². The van der Waals surface area contributed by atoms with Gasteiger partial charge in [-0.15, -0.1) is 0 Å². The van der Waals surface area contributed by atoms with Crippen molar-refractivity contribution >= 4 is 21.5 Å². The molecule has 2 heterocycles. The van der Waals surface area contributed by atoms with Crippen LogP contribution in [-0.4, -0.2) is 23.7 Å². The quantitative estimate of drug-likeness (QED) is 0.822. The lowest BCUT2D eigenvalue weighted by Gasteiger charge is -2.18. The van der Waals surface area contributed by atoms with Crippen LogP contribution < -0.4 is 11.1 Å². The van der Waals surface area contributed by atoms with E-state index in [0.717, 1.165) is 29.1 Å². The van der Waals surface area contributed by atoms with Crippen LogP contribution in [0.2, 0.25) is 0 Å². The van der Waals surface area contributed by atoms with Gasteiger partial charge in [0.05, 0.1) is 18.3 Å². The Bertz CT molecular complexity index is 350. The average Bonchev–Trinajstić information content (AvgIpc) is 2.83. The Morgan fingerprint density at radius 2 is 2.33 bits per heavy atom. The van der Waals surface area contributed by atoms with E-state index < -0.39 is 0 Å². The first-order valence-electron chi connectivity index (χ1n) is 5.42. The van der Waals surface area contributed by atoms with Crippen molar-refractivity contribution in [3.63, 3.8) is 0 Å². The Morgan fingerprint density at radius 1 is 1.47 bits per heavy atom. The smallest absolute Gasteiger partial charge is 0.184 e. The van der Waals surface area contributed by atoms with Gasteiger partial charge in [0.25, 0.3) is 0 Å². The Morgan fingerprint density at radius 3 is 3.00 bits per heavy atom. The number of nitrogens with one attached hydrogen (secondary N) is 1. The third-order valence-electron chi connectivity index (χ3n) is 3.05. The number of nitrogens with two attached hydrogens (primary N) is 1. The van der Waals surface area contributed by atoms with Crippen LogP contribution in [0, 0.1) is 5.92 Å². The van der Waals surface area contributed by atoms with Gasteiger partial charge in [-0.25, -0.2) is 4.98 Å². The standard InChI is InChI=1S/C10H15N3OS/c11-8-5-12-10(15-8)13-7-3-4-14-9(7)6-1-2-6/h5-7,9H,1-4,11H2,(H,12,13). The molecule has 5 heteroatoms. The minimum absolute atomic E-state index is 0.398. The number of thiazole rings is 1. The SMILES string of the molecule is Nc1cnc(NC2CCOC2C2CC2)s1. The van der Waals surface area contributed by atoms with Crippen LogP contribution in [0.25, 0.3) is 0 Å². The molecular formula is C10H15N3OS. The Balaban J connectivity index is 1.66. The first-order chi connectivity index (χ1) is 7.33. The molecule has 0 spiro atoms. The van der Waals surface area contributed by atoms with Gasteiger partial charge in [-0.3, -0.25) is 0 Å². The molecule has 1 aromatic heterocycles. The van der Waals surface area contributed by atoms with Crippen LogP contribution in [0.4, 0.5) is 10.1 Å². The number of hydrogen-bond donors (Lipinski definition) is 2. The Hall–Kier alpha value is -0.810. The number of hydrogen-bond acceptors (Lipinski definition) is 5. The van der Waals surface area contributed by atoms with E-state index in [1.54, 1.807) is 6.20 Å². The number of aromatic nitrogens is 1. The second-order valence-electron chi connectivity index (χ2n) is 4.28. The van der Waals surface area contributed by atoms with Crippen molar-refractivity contribution in [2.45, 2.75) is 31.4 Å². The largest absolute Gasteiger partial charge is 0.389 e. The van der Waals surface area contributed by atoms with E-state index in [1.807, 2.05) is 0 Å². The summed E-state index contributed by atoms with van der Waals surface area (Å²) < 4.78 is 5.75. The third kappa shape index (κ3) is 1.94. The van der Waals surface area contributed by atoms with Crippen LogP contribution in [0.5, 0.6) is 0 Å². The fourth-order valence-electron chi connectivity index (χ4n) is 2.17. The zero-order valence-electron chi connectivity index (χ0n) is 8.48. The maximum Gasteiger partial charge on any atom is 0.184 e. The van der Waals surface area contributed by atoms with Gasteiger partial charge in [-0.2, -0.15) is 0 Å². The van der Waals surface area contributed by atoms with Crippen LogP contribution in [-0.2, 0) is 4.74 Å². The molecule has 3 N–H and O–H groups in total. The first kappa shape index (κ1) is 9.42. The maximum atomic E-state index is 5.75. The summed E-state index contributed by atoms with van der Waals surface area (Å²) in [5.41, 5.74) is 5.64. The highest BCUT2D eigenvalue weighted by atomic mass is 32.1. The molecule has 4 nitrogen and oxygen atoms in total. The van der Waals surface area contributed by atoms with Gasteiger partial charge in [0.1, 0.15) is 5.00 Å². The van der Waals surface area contributed by atoms with E-state index in [-0.39, 0.29) is 0 Å². The van der Waals surface area contributed by atoms with E-state index in [2.05, 4.69) is 10.3 Å². The van der Waals surface area contributed by atoms with Crippen molar-refractivity contribution in [1.29, 1.82) is 0 Å². The lowest BCUT2D eigenvalue weighted by molar-refractivity contribution is 0.0898. The van der Waals surface area contributed by atoms with Crippen molar-refractivity contribution in [2.24, 2.45) is 5.92 Å². The number of rotatable bonds is 3. The normalized spacial score (nSPS) is 30.7. The highest BCUT2D eigenvalue weighted by molar-refractivity contribution is 7.19. The number of anilines is 2. The summed E-state index contributed by atoms with van der Waals surface area (Å²) in [6.45, 7) is 0.875. The van der Waals surface area contributed by atoms with Crippen molar-refractivity contribution in [3.05, 3.63) is 6.20 Å². The molecule has 1 saturated carbocycles. The summed E-state index contributed by atoms with van der Waals surface area (Å²) in [5, 5.41) is 5.12. The molecule has 15 heavy (non-hydrogen) atoms.